The van der Waals surface area contributed by atoms with Gasteiger partial charge in [-0.2, -0.15) is 0 Å². The summed E-state index contributed by atoms with van der Waals surface area (Å²) in [5, 5.41) is 39.1. The molecule has 2 aliphatic rings. The zero-order valence-corrected chi connectivity index (χ0v) is 13.2. The predicted octanol–water partition coefficient (Wildman–Crippen LogP) is 1.66. The van der Waals surface area contributed by atoms with E-state index in [0.29, 0.717) is 0 Å². The van der Waals surface area contributed by atoms with E-state index in [0.717, 1.165) is 19.3 Å². The van der Waals surface area contributed by atoms with Gasteiger partial charge in [0, 0.05) is 12.3 Å². The highest BCUT2D eigenvalue weighted by Gasteiger charge is 2.34. The van der Waals surface area contributed by atoms with E-state index in [9.17, 15) is 30.0 Å². The highest BCUT2D eigenvalue weighted by molar-refractivity contribution is 6.01. The molecule has 4 atom stereocenters. The standard InChI is InChI=1S/C18H22O6/c19-15-10-14(18(23)24)13(17(21)22)9-8-12(16(15)20)11-6-4-2-1-3-5-7-11/h1-2,4,6,8-9,11-12,15-16,19-20H,3,5,7,10H2,(H,21,22)(H,23,24). The molecule has 0 aliphatic heterocycles. The molecule has 24 heavy (non-hydrogen) atoms. The Labute approximate surface area is 140 Å². The maximum Gasteiger partial charge on any atom is 0.336 e. The Bertz CT molecular complexity index is 613. The van der Waals surface area contributed by atoms with Crippen LogP contribution < -0.4 is 0 Å². The third-order valence-corrected chi connectivity index (χ3v) is 4.51. The van der Waals surface area contributed by atoms with Crippen molar-refractivity contribution in [3.05, 3.63) is 47.6 Å². The van der Waals surface area contributed by atoms with E-state index in [1.165, 1.54) is 12.2 Å². The van der Waals surface area contributed by atoms with Crippen LogP contribution in [0.15, 0.2) is 47.6 Å². The maximum atomic E-state index is 11.4. The van der Waals surface area contributed by atoms with Crippen LogP contribution in [0.5, 0.6) is 0 Å². The minimum atomic E-state index is -1.40. The van der Waals surface area contributed by atoms with Crippen molar-refractivity contribution < 1.29 is 30.0 Å². The summed E-state index contributed by atoms with van der Waals surface area (Å²) in [6.45, 7) is 0. The van der Waals surface area contributed by atoms with Gasteiger partial charge in [-0.1, -0.05) is 36.5 Å². The molecule has 0 aromatic rings. The summed E-state index contributed by atoms with van der Waals surface area (Å²) in [7, 11) is 0. The number of carbonyl (C=O) groups is 2. The zero-order valence-electron chi connectivity index (χ0n) is 13.2. The molecule has 0 saturated carbocycles. The number of carboxylic acids is 2. The lowest BCUT2D eigenvalue weighted by Crippen LogP contribution is -2.38. The van der Waals surface area contributed by atoms with Crippen molar-refractivity contribution in [2.24, 2.45) is 11.8 Å². The van der Waals surface area contributed by atoms with Crippen LogP contribution in [0.1, 0.15) is 25.7 Å². The fourth-order valence-corrected chi connectivity index (χ4v) is 3.19. The summed E-state index contributed by atoms with van der Waals surface area (Å²) in [6.07, 6.45) is 10.3. The van der Waals surface area contributed by atoms with Gasteiger partial charge < -0.3 is 20.4 Å². The Morgan fingerprint density at radius 3 is 2.46 bits per heavy atom. The molecule has 130 valence electrons. The molecular formula is C18H22O6. The van der Waals surface area contributed by atoms with Gasteiger partial charge in [0.1, 0.15) is 0 Å². The molecule has 4 unspecified atom stereocenters. The molecule has 0 aromatic carbocycles. The SMILES string of the molecule is O=C(O)C1=C(C(=O)O)CC(O)C(O)C(C2C=CC=CCCC2)C=C1. The van der Waals surface area contributed by atoms with E-state index in [1.54, 1.807) is 0 Å². The molecule has 0 saturated heterocycles. The number of carboxylic acid groups (broad SMARTS) is 2. The highest BCUT2D eigenvalue weighted by Crippen LogP contribution is 2.31. The third-order valence-electron chi connectivity index (χ3n) is 4.51. The van der Waals surface area contributed by atoms with Gasteiger partial charge in [-0.05, 0) is 25.2 Å². The number of allylic oxidation sites excluding steroid dienone is 4. The molecule has 2 rings (SSSR count). The molecule has 0 amide bonds. The highest BCUT2D eigenvalue weighted by atomic mass is 16.4. The van der Waals surface area contributed by atoms with Crippen LogP contribution in [0.25, 0.3) is 0 Å². The number of rotatable bonds is 3. The van der Waals surface area contributed by atoms with E-state index in [2.05, 4.69) is 6.08 Å². The van der Waals surface area contributed by atoms with Crippen LogP contribution in [-0.4, -0.2) is 44.6 Å². The minimum Gasteiger partial charge on any atom is -0.478 e. The molecule has 0 radical (unpaired) electrons. The smallest absolute Gasteiger partial charge is 0.336 e. The first-order chi connectivity index (χ1) is 11.4. The van der Waals surface area contributed by atoms with E-state index in [1.807, 2.05) is 18.2 Å². The molecule has 0 fully saturated rings. The van der Waals surface area contributed by atoms with Crippen molar-refractivity contribution in [3.63, 3.8) is 0 Å². The first-order valence-electron chi connectivity index (χ1n) is 7.99. The zero-order chi connectivity index (χ0) is 17.7. The number of aliphatic carboxylic acids is 2. The van der Waals surface area contributed by atoms with Crippen molar-refractivity contribution in [3.8, 4) is 0 Å². The molecule has 0 heterocycles. The van der Waals surface area contributed by atoms with E-state index in [4.69, 9.17) is 0 Å². The molecule has 2 aliphatic carbocycles. The van der Waals surface area contributed by atoms with Crippen molar-refractivity contribution in [1.29, 1.82) is 0 Å². The lowest BCUT2D eigenvalue weighted by molar-refractivity contribution is -0.136. The van der Waals surface area contributed by atoms with Gasteiger partial charge in [-0.25, -0.2) is 9.59 Å². The number of aliphatic hydroxyl groups is 2. The monoisotopic (exact) mass is 334 g/mol. The normalized spacial score (nSPS) is 31.1. The molecule has 0 bridgehead atoms. The van der Waals surface area contributed by atoms with E-state index >= 15 is 0 Å². The molecule has 0 aromatic heterocycles. The predicted molar refractivity (Wildman–Crippen MR) is 87.2 cm³/mol. The third kappa shape index (κ3) is 4.21. The van der Waals surface area contributed by atoms with Gasteiger partial charge in [0.2, 0.25) is 0 Å². The summed E-state index contributed by atoms with van der Waals surface area (Å²) in [5.74, 6) is -3.30. The van der Waals surface area contributed by atoms with E-state index < -0.39 is 42.1 Å². The first-order valence-corrected chi connectivity index (χ1v) is 7.99. The lowest BCUT2D eigenvalue weighted by Gasteiger charge is -2.31. The van der Waals surface area contributed by atoms with Crippen LogP contribution in [0, 0.1) is 11.8 Å². The Balaban J connectivity index is 2.41. The van der Waals surface area contributed by atoms with Gasteiger partial charge in [0.15, 0.2) is 0 Å². The molecule has 0 spiro atoms. The van der Waals surface area contributed by atoms with Crippen molar-refractivity contribution in [2.75, 3.05) is 0 Å². The maximum absolute atomic E-state index is 11.4. The van der Waals surface area contributed by atoms with Gasteiger partial charge in [0.05, 0.1) is 23.4 Å². The molecular weight excluding hydrogens is 312 g/mol. The summed E-state index contributed by atoms with van der Waals surface area (Å²) < 4.78 is 0. The first kappa shape index (κ1) is 18.2. The van der Waals surface area contributed by atoms with Gasteiger partial charge in [-0.15, -0.1) is 0 Å². The van der Waals surface area contributed by atoms with Crippen LogP contribution in [0.2, 0.25) is 0 Å². The van der Waals surface area contributed by atoms with Crippen LogP contribution in [-0.2, 0) is 9.59 Å². The summed E-state index contributed by atoms with van der Waals surface area (Å²) in [6, 6.07) is 0. The quantitative estimate of drug-likeness (QED) is 0.624. The van der Waals surface area contributed by atoms with Crippen LogP contribution >= 0.6 is 0 Å². The molecule has 6 heteroatoms. The lowest BCUT2D eigenvalue weighted by atomic mass is 9.78. The second kappa shape index (κ2) is 8.08. The molecule has 4 N–H and O–H groups in total. The number of aliphatic hydroxyl groups excluding tert-OH is 2. The second-order valence-electron chi connectivity index (χ2n) is 6.11. The summed E-state index contributed by atoms with van der Waals surface area (Å²) in [5.41, 5.74) is -0.756. The molecule has 6 nitrogen and oxygen atoms in total. The average Bonchev–Trinajstić information content (AvgIpc) is 2.48. The Morgan fingerprint density at radius 1 is 1.04 bits per heavy atom. The van der Waals surface area contributed by atoms with Crippen LogP contribution in [0.4, 0.5) is 0 Å². The van der Waals surface area contributed by atoms with Crippen molar-refractivity contribution in [2.45, 2.75) is 37.9 Å². The van der Waals surface area contributed by atoms with Gasteiger partial charge in [0.25, 0.3) is 0 Å². The van der Waals surface area contributed by atoms with Gasteiger partial charge >= 0.3 is 11.9 Å². The number of hydrogen-bond donors (Lipinski definition) is 4. The van der Waals surface area contributed by atoms with E-state index in [-0.39, 0.29) is 11.5 Å². The second-order valence-corrected chi connectivity index (χ2v) is 6.11. The fourth-order valence-electron chi connectivity index (χ4n) is 3.19. The Morgan fingerprint density at radius 2 is 1.79 bits per heavy atom. The Kier molecular flexibility index (Phi) is 6.11. The minimum absolute atomic E-state index is 0.0581. The van der Waals surface area contributed by atoms with Crippen molar-refractivity contribution >= 4 is 11.9 Å². The number of hydrogen-bond acceptors (Lipinski definition) is 4. The summed E-state index contributed by atoms with van der Waals surface area (Å²) >= 11 is 0. The Hall–Kier alpha value is -2.18. The largest absolute Gasteiger partial charge is 0.478 e. The fraction of sp³-hybridized carbons (Fsp3) is 0.444. The summed E-state index contributed by atoms with van der Waals surface area (Å²) in [4.78, 5) is 22.7. The van der Waals surface area contributed by atoms with Crippen molar-refractivity contribution in [1.82, 2.24) is 0 Å². The van der Waals surface area contributed by atoms with Crippen LogP contribution in [0.3, 0.4) is 0 Å². The average molecular weight is 334 g/mol. The topological polar surface area (TPSA) is 115 Å². The van der Waals surface area contributed by atoms with Gasteiger partial charge in [-0.3, -0.25) is 0 Å².